The number of aryl methyl sites for hydroxylation is 1. The highest BCUT2D eigenvalue weighted by Gasteiger charge is 2.46. The van der Waals surface area contributed by atoms with Crippen molar-refractivity contribution < 1.29 is 50.9 Å². The van der Waals surface area contributed by atoms with E-state index in [0.29, 0.717) is 5.56 Å². The van der Waals surface area contributed by atoms with Crippen molar-refractivity contribution in [3.8, 4) is 11.5 Å². The second-order valence-electron chi connectivity index (χ2n) is 10.3. The van der Waals surface area contributed by atoms with Gasteiger partial charge in [-0.1, -0.05) is 0 Å². The number of hydrogen-bond acceptors (Lipinski definition) is 7. The third kappa shape index (κ3) is 5.97. The monoisotopic (exact) mass is 623 g/mol. The number of carbonyl (C=O) groups is 2. The van der Waals surface area contributed by atoms with Gasteiger partial charge in [-0.2, -0.15) is 0 Å². The third-order valence-electron chi connectivity index (χ3n) is 7.55. The van der Waals surface area contributed by atoms with Crippen molar-refractivity contribution in [1.82, 2.24) is 9.88 Å². The Bertz CT molecular complexity index is 1620. The number of aromatic nitrogens is 1. The van der Waals surface area contributed by atoms with E-state index in [1.54, 1.807) is 6.92 Å². The molecule has 0 saturated carbocycles. The lowest BCUT2D eigenvalue weighted by Crippen LogP contribution is -2.45. The predicted octanol–water partition coefficient (Wildman–Crippen LogP) is 3.20. The summed E-state index contributed by atoms with van der Waals surface area (Å²) in [5.41, 5.74) is -1.17. The number of halogens is 5. The minimum atomic E-state index is -4.96. The van der Waals surface area contributed by atoms with Crippen molar-refractivity contribution in [3.05, 3.63) is 87.3 Å². The number of aliphatic hydroxyl groups is 1. The number of pyridine rings is 1. The average Bonchev–Trinajstić information content (AvgIpc) is 3.51. The first-order valence-electron chi connectivity index (χ1n) is 13.3. The third-order valence-corrected chi connectivity index (χ3v) is 7.55. The van der Waals surface area contributed by atoms with Gasteiger partial charge >= 0.3 is 6.36 Å². The second-order valence-corrected chi connectivity index (χ2v) is 10.3. The van der Waals surface area contributed by atoms with Crippen LogP contribution >= 0.6 is 0 Å². The summed E-state index contributed by atoms with van der Waals surface area (Å²) >= 11 is 0. The molecule has 15 heteroatoms. The normalized spacial score (nSPS) is 21.9. The summed E-state index contributed by atoms with van der Waals surface area (Å²) in [5, 5.41) is 12.7. The lowest BCUT2D eigenvalue weighted by atomic mass is 9.92. The fourth-order valence-electron chi connectivity index (χ4n) is 5.44. The molecule has 0 spiro atoms. The summed E-state index contributed by atoms with van der Waals surface area (Å²) in [4.78, 5) is 41.7. The maximum Gasteiger partial charge on any atom is 0.573 e. The van der Waals surface area contributed by atoms with Crippen molar-refractivity contribution in [1.29, 1.82) is 0 Å². The van der Waals surface area contributed by atoms with E-state index in [2.05, 4.69) is 10.1 Å². The van der Waals surface area contributed by atoms with Crippen LogP contribution in [0.1, 0.15) is 33.4 Å². The summed E-state index contributed by atoms with van der Waals surface area (Å²) in [6.45, 7) is 1.16. The van der Waals surface area contributed by atoms with Gasteiger partial charge < -0.3 is 34.1 Å². The number of rotatable bonds is 7. The van der Waals surface area contributed by atoms with E-state index in [0.717, 1.165) is 41.3 Å². The van der Waals surface area contributed by atoms with Crippen LogP contribution in [-0.2, 0) is 9.53 Å². The van der Waals surface area contributed by atoms with E-state index in [1.165, 1.54) is 23.9 Å². The molecular weight excluding hydrogens is 597 g/mol. The summed E-state index contributed by atoms with van der Waals surface area (Å²) in [6.07, 6.45) is -4.51. The average molecular weight is 624 g/mol. The Morgan fingerprint density at radius 3 is 2.27 bits per heavy atom. The van der Waals surface area contributed by atoms with Crippen molar-refractivity contribution in [3.63, 3.8) is 0 Å². The van der Waals surface area contributed by atoms with Crippen LogP contribution in [0.2, 0.25) is 0 Å². The van der Waals surface area contributed by atoms with Gasteiger partial charge in [0, 0.05) is 41.9 Å². The number of hydrogen-bond donors (Lipinski definition) is 2. The van der Waals surface area contributed by atoms with Gasteiger partial charge in [-0.3, -0.25) is 14.4 Å². The van der Waals surface area contributed by atoms with Gasteiger partial charge in [-0.15, -0.1) is 13.2 Å². The highest BCUT2D eigenvalue weighted by molar-refractivity contribution is 6.05. The minimum absolute atomic E-state index is 0.00151. The predicted molar refractivity (Wildman–Crippen MR) is 144 cm³/mol. The van der Waals surface area contributed by atoms with Crippen LogP contribution in [0.15, 0.2) is 53.5 Å². The quantitative estimate of drug-likeness (QED) is 0.388. The number of anilines is 1. The number of nitrogens with one attached hydrogen (secondary N) is 1. The fourth-order valence-corrected chi connectivity index (χ4v) is 5.44. The van der Waals surface area contributed by atoms with Gasteiger partial charge in [0.2, 0.25) is 5.91 Å². The van der Waals surface area contributed by atoms with Gasteiger partial charge in [-0.25, -0.2) is 8.78 Å². The number of methoxy groups -OCH3 is 1. The van der Waals surface area contributed by atoms with Crippen LogP contribution < -0.4 is 25.2 Å². The minimum Gasteiger partial charge on any atom is -0.497 e. The number of ether oxygens (including phenoxy) is 3. The van der Waals surface area contributed by atoms with Crippen molar-refractivity contribution in [2.45, 2.75) is 37.4 Å². The largest absolute Gasteiger partial charge is 0.573 e. The van der Waals surface area contributed by atoms with Crippen LogP contribution in [0.5, 0.6) is 11.5 Å². The van der Waals surface area contributed by atoms with Gasteiger partial charge in [0.1, 0.15) is 41.0 Å². The van der Waals surface area contributed by atoms with Crippen LogP contribution in [0.4, 0.5) is 27.6 Å². The number of amides is 2. The molecule has 0 radical (unpaired) electrons. The summed E-state index contributed by atoms with van der Waals surface area (Å²) < 4.78 is 83.4. The molecule has 3 heterocycles. The molecule has 3 aromatic rings. The van der Waals surface area contributed by atoms with Crippen LogP contribution in [0.3, 0.4) is 0 Å². The Morgan fingerprint density at radius 1 is 1.05 bits per heavy atom. The standard InChI is InChI=1S/C29H26F5N3O7/c1-14-7-8-36(21-12-43-13-22(21)38)28(41)25(14)37-11-18(23-19(30)9-17(42-2)10-20(23)31)24(27(37)40)35-26(39)15-3-5-16(6-4-15)44-29(32,33)34/h3-10,18,21-22,24,38H,11-13H2,1-2H3,(H,35,39)/t18-,21-,22-,24-/m0/s1. The molecule has 2 N–H and O–H groups in total. The molecule has 0 bridgehead atoms. The molecule has 44 heavy (non-hydrogen) atoms. The van der Waals surface area contributed by atoms with Crippen molar-refractivity contribution in [2.75, 3.05) is 31.8 Å². The molecule has 234 valence electrons. The highest BCUT2D eigenvalue weighted by Crippen LogP contribution is 2.37. The second kappa shape index (κ2) is 11.9. The van der Waals surface area contributed by atoms with Crippen molar-refractivity contribution >= 4 is 17.5 Å². The van der Waals surface area contributed by atoms with E-state index >= 15 is 8.78 Å². The van der Waals surface area contributed by atoms with E-state index in [4.69, 9.17) is 9.47 Å². The molecule has 2 aliphatic rings. The van der Waals surface area contributed by atoms with E-state index < -0.39 is 77.3 Å². The number of aliphatic hydroxyl groups excluding tert-OH is 1. The Morgan fingerprint density at radius 2 is 1.70 bits per heavy atom. The van der Waals surface area contributed by atoms with Gasteiger partial charge in [-0.05, 0) is 42.8 Å². The first-order chi connectivity index (χ1) is 20.8. The zero-order valence-electron chi connectivity index (χ0n) is 23.2. The fraction of sp³-hybridized carbons (Fsp3) is 0.345. The molecule has 2 fully saturated rings. The van der Waals surface area contributed by atoms with Gasteiger partial charge in [0.15, 0.2) is 0 Å². The Labute approximate surface area is 246 Å². The zero-order chi connectivity index (χ0) is 31.9. The summed E-state index contributed by atoms with van der Waals surface area (Å²) in [5.74, 6) is -6.01. The summed E-state index contributed by atoms with van der Waals surface area (Å²) in [6, 6.07) is 4.83. The Kier molecular flexibility index (Phi) is 8.36. The Balaban J connectivity index is 1.53. The maximum atomic E-state index is 15.3. The van der Waals surface area contributed by atoms with E-state index in [9.17, 15) is 32.7 Å². The van der Waals surface area contributed by atoms with E-state index in [-0.39, 0.29) is 30.2 Å². The highest BCUT2D eigenvalue weighted by atomic mass is 19.4. The van der Waals surface area contributed by atoms with Crippen LogP contribution in [0, 0.1) is 18.6 Å². The Hall–Kier alpha value is -4.50. The maximum absolute atomic E-state index is 15.3. The number of benzene rings is 2. The number of carbonyl (C=O) groups excluding carboxylic acids is 2. The van der Waals surface area contributed by atoms with Gasteiger partial charge in [0.05, 0.1) is 26.4 Å². The van der Waals surface area contributed by atoms with Crippen molar-refractivity contribution in [2.24, 2.45) is 0 Å². The molecule has 2 saturated heterocycles. The number of nitrogens with zero attached hydrogens (tertiary/aromatic N) is 2. The SMILES string of the molecule is COc1cc(F)c([C@@H]2CN(c3c(C)ccn([C@H]4COC[C@@H]4O)c3=O)C(=O)[C@H]2NC(=O)c2ccc(OC(F)(F)F)cc2)c(F)c1. The molecule has 10 nitrogen and oxygen atoms in total. The zero-order valence-corrected chi connectivity index (χ0v) is 23.2. The molecule has 2 aliphatic heterocycles. The number of alkyl halides is 3. The molecule has 5 rings (SSSR count). The molecule has 0 aliphatic carbocycles. The molecule has 1 aromatic heterocycles. The molecule has 0 unspecified atom stereocenters. The lowest BCUT2D eigenvalue weighted by molar-refractivity contribution is -0.274. The van der Waals surface area contributed by atoms with E-state index in [1.807, 2.05) is 0 Å². The molecule has 2 amide bonds. The lowest BCUT2D eigenvalue weighted by Gasteiger charge is -2.22. The smallest absolute Gasteiger partial charge is 0.497 e. The molecule has 4 atom stereocenters. The molecular formula is C29H26F5N3O7. The first kappa shape index (κ1) is 30.9. The van der Waals surface area contributed by atoms with Crippen LogP contribution in [0.25, 0.3) is 0 Å². The van der Waals surface area contributed by atoms with Crippen LogP contribution in [-0.4, -0.2) is 66.9 Å². The molecule has 2 aromatic carbocycles. The summed E-state index contributed by atoms with van der Waals surface area (Å²) in [7, 11) is 1.21. The first-order valence-corrected chi connectivity index (χ1v) is 13.3. The van der Waals surface area contributed by atoms with Gasteiger partial charge in [0.25, 0.3) is 11.5 Å². The topological polar surface area (TPSA) is 119 Å².